The number of carbonyl (C=O) groups is 2. The Labute approximate surface area is 531 Å². The number of anilines is 5. The molecule has 0 saturated carbocycles. The van der Waals surface area contributed by atoms with Crippen molar-refractivity contribution in [2.45, 2.75) is 80.3 Å². The van der Waals surface area contributed by atoms with E-state index in [0.717, 1.165) is 95.8 Å². The average Bonchev–Trinajstić information content (AvgIpc) is 1.73. The summed E-state index contributed by atoms with van der Waals surface area (Å²) in [6.07, 6.45) is 14.9. The number of amides is 2. The van der Waals surface area contributed by atoms with Crippen molar-refractivity contribution in [3.05, 3.63) is 176 Å². The van der Waals surface area contributed by atoms with E-state index < -0.39 is 20.0 Å². The van der Waals surface area contributed by atoms with Crippen LogP contribution in [0.2, 0.25) is 0 Å². The zero-order chi connectivity index (χ0) is 62.8. The highest BCUT2D eigenvalue weighted by Gasteiger charge is 2.28. The van der Waals surface area contributed by atoms with Crippen LogP contribution in [-0.2, 0) is 29.6 Å². The van der Waals surface area contributed by atoms with E-state index in [1.165, 1.54) is 53.4 Å². The van der Waals surface area contributed by atoms with E-state index >= 15 is 0 Å². The van der Waals surface area contributed by atoms with Crippen LogP contribution in [0, 0.1) is 25.5 Å². The summed E-state index contributed by atoms with van der Waals surface area (Å²) >= 11 is 0. The number of aryl methyl sites for hydroxylation is 2. The summed E-state index contributed by atoms with van der Waals surface area (Å²) in [6, 6.07) is 31.1. The van der Waals surface area contributed by atoms with Gasteiger partial charge in [0.05, 0.1) is 39.0 Å². The molecule has 0 bridgehead atoms. The molecule has 10 aromatic rings. The van der Waals surface area contributed by atoms with Crippen molar-refractivity contribution >= 4 is 106 Å². The minimum atomic E-state index is -3.82. The Balaban J connectivity index is 0.000000152. The van der Waals surface area contributed by atoms with Gasteiger partial charge in [-0.15, -0.1) is 12.4 Å². The van der Waals surface area contributed by atoms with Crippen molar-refractivity contribution in [1.82, 2.24) is 57.9 Å². The minimum absolute atomic E-state index is 0. The predicted molar refractivity (Wildman–Crippen MR) is 349 cm³/mol. The fourth-order valence-corrected chi connectivity index (χ4v) is 13.6. The Bertz CT molecular complexity index is 4350. The first-order valence-corrected chi connectivity index (χ1v) is 32.5. The number of carbonyl (C=O) groups excluding carboxylic acids is 2. The summed E-state index contributed by atoms with van der Waals surface area (Å²) in [5, 5.41) is 21.9. The van der Waals surface area contributed by atoms with Gasteiger partial charge in [-0.25, -0.2) is 63.5 Å². The molecule has 476 valence electrons. The number of fused-ring (bicyclic) bond motifs is 3. The number of halogens is 3. The van der Waals surface area contributed by atoms with Crippen LogP contribution in [0.1, 0.15) is 49.7 Å². The van der Waals surface area contributed by atoms with E-state index in [9.17, 15) is 35.2 Å². The summed E-state index contributed by atoms with van der Waals surface area (Å²) in [5.41, 5.74) is 4.84. The topological polar surface area (TPSA) is 284 Å². The Morgan fingerprint density at radius 1 is 0.527 bits per heavy atom. The molecule has 28 heteroatoms. The maximum absolute atomic E-state index is 13.2. The Kier molecular flexibility index (Phi) is 20.7. The summed E-state index contributed by atoms with van der Waals surface area (Å²) in [7, 11) is -7.53. The lowest BCUT2D eigenvalue weighted by Gasteiger charge is -2.33. The second-order valence-corrected chi connectivity index (χ2v) is 25.9. The third kappa shape index (κ3) is 15.6. The Morgan fingerprint density at radius 3 is 1.41 bits per heavy atom. The molecule has 7 N–H and O–H groups in total. The first-order valence-electron chi connectivity index (χ1n) is 29.7. The van der Waals surface area contributed by atoms with E-state index in [2.05, 4.69) is 66.8 Å². The van der Waals surface area contributed by atoms with Crippen LogP contribution in [0.15, 0.2) is 163 Å². The normalized spacial score (nSPS) is 16.8. The average molecular weight is 1300 g/mol. The molecule has 23 nitrogen and oxygen atoms in total. The van der Waals surface area contributed by atoms with Gasteiger partial charge < -0.3 is 46.7 Å². The third-order valence-electron chi connectivity index (χ3n) is 15.8. The predicted octanol–water partition coefficient (Wildman–Crippen LogP) is 8.81. The molecule has 0 aliphatic carbocycles. The van der Waals surface area contributed by atoms with Crippen LogP contribution in [0.5, 0.6) is 0 Å². The maximum Gasteiger partial charge on any atom is 0.269 e. The molecule has 4 aromatic carbocycles. The molecule has 0 unspecified atom stereocenters. The molecular weight excluding hydrogens is 1230 g/mol. The molecular formula is C63H70ClF2N17O6S2. The second-order valence-electron chi connectivity index (χ2n) is 22.3. The van der Waals surface area contributed by atoms with E-state index in [-0.39, 0.29) is 82.5 Å². The van der Waals surface area contributed by atoms with E-state index in [0.29, 0.717) is 53.4 Å². The summed E-state index contributed by atoms with van der Waals surface area (Å²) in [4.78, 5) is 58.1. The lowest BCUT2D eigenvalue weighted by atomic mass is 10.1. The van der Waals surface area contributed by atoms with Gasteiger partial charge in [0.2, 0.25) is 11.8 Å². The summed E-state index contributed by atoms with van der Waals surface area (Å²) in [5.74, 6) is 1.32. The molecule has 91 heavy (non-hydrogen) atoms. The Morgan fingerprint density at radius 2 is 0.956 bits per heavy atom. The standard InChI is InChI=1S/C26H27FN6O3S.C19H21FN6O.C18H21N5O2S.ClH/c1-18-4-10-22(11-5-18)37(35,36)33-14-12-23-25(29-17-30-26(23)33)31-21-3-2-13-32(16-21)24(34)15-28-20-8-6-19(27)7-9-20;20-13-3-5-14(6-4-13)22-10-17(27)26-9-1-2-15(11-26)25-19-16-7-8-21-18(16)23-12-24-19;1-13-4-6-15(7-5-13)26(24,25)23-10-8-16-17(20-12-21-18(16)23)22-14-3-2-9-19-11-14;/h4-12,14,17,21,28H,2-3,13,15-16H2,1H3,(H,29,30,31);3-8,12,15,22H,1-2,9-11H2,(H2,21,23,24,25);4-8,10,12,14,19H,2-3,9,11H2,1H3,(H,20,21,22);1H/t21-;15-;14-;/m000./s1. The number of rotatable bonds is 16. The molecule has 6 aromatic heterocycles. The van der Waals surface area contributed by atoms with Gasteiger partial charge in [0.1, 0.15) is 53.7 Å². The lowest BCUT2D eigenvalue weighted by molar-refractivity contribution is -0.131. The number of H-pyrrole nitrogens is 1. The van der Waals surface area contributed by atoms with Gasteiger partial charge in [0.15, 0.2) is 11.3 Å². The van der Waals surface area contributed by atoms with Crippen LogP contribution < -0.4 is 31.9 Å². The zero-order valence-electron chi connectivity index (χ0n) is 50.0. The van der Waals surface area contributed by atoms with Crippen LogP contribution in [0.25, 0.3) is 33.1 Å². The lowest BCUT2D eigenvalue weighted by Crippen LogP contribution is -2.47. The van der Waals surface area contributed by atoms with Crippen molar-refractivity contribution in [2.24, 2.45) is 0 Å². The van der Waals surface area contributed by atoms with Crippen LogP contribution in [0.3, 0.4) is 0 Å². The van der Waals surface area contributed by atoms with Crippen LogP contribution >= 0.6 is 12.4 Å². The van der Waals surface area contributed by atoms with E-state index in [1.54, 1.807) is 96.0 Å². The fraction of sp³-hybridized carbons (Fsp3) is 0.302. The Hall–Kier alpha value is -9.31. The molecule has 3 saturated heterocycles. The number of benzene rings is 4. The van der Waals surface area contributed by atoms with Crippen molar-refractivity contribution in [3.8, 4) is 0 Å². The number of nitrogens with zero attached hydrogens (tertiary/aromatic N) is 10. The monoisotopic (exact) mass is 1300 g/mol. The second kappa shape index (κ2) is 29.1. The smallest absolute Gasteiger partial charge is 0.269 e. The molecule has 3 fully saturated rings. The van der Waals surface area contributed by atoms with E-state index in [4.69, 9.17) is 0 Å². The highest BCUT2D eigenvalue weighted by atomic mass is 35.5. The molecule has 3 aliphatic rings. The van der Waals surface area contributed by atoms with Gasteiger partial charge in [0, 0.05) is 80.8 Å². The number of aromatic nitrogens is 9. The number of hydrogen-bond acceptors (Lipinski definition) is 18. The van der Waals surface area contributed by atoms with Crippen molar-refractivity contribution in [3.63, 3.8) is 0 Å². The molecule has 3 aliphatic heterocycles. The number of likely N-dealkylation sites (tertiary alicyclic amines) is 2. The zero-order valence-corrected chi connectivity index (χ0v) is 52.4. The van der Waals surface area contributed by atoms with Crippen LogP contribution in [-0.4, -0.2) is 152 Å². The molecule has 0 radical (unpaired) electrons. The van der Waals surface area contributed by atoms with Gasteiger partial charge in [-0.1, -0.05) is 35.4 Å². The van der Waals surface area contributed by atoms with Crippen molar-refractivity contribution in [2.75, 3.05) is 78.9 Å². The van der Waals surface area contributed by atoms with Crippen molar-refractivity contribution < 1.29 is 35.2 Å². The SMILES string of the molecule is Cc1ccc(S(=O)(=O)n2ccc3c(N[C@H]4CCCN(C(=O)CNc5ccc(F)cc5)C4)ncnc32)cc1.Cc1ccc(S(=O)(=O)n2ccc3c(N[C@H]4CCCNC4)ncnc32)cc1.Cl.O=C(CNc1ccc(F)cc1)N1CCC[C@H](Nc2ncnc3[nH]ccc23)C1. The minimum Gasteiger partial charge on any atom is -0.376 e. The van der Waals surface area contributed by atoms with Gasteiger partial charge in [-0.2, -0.15) is 0 Å². The summed E-state index contributed by atoms with van der Waals surface area (Å²) < 4.78 is 80.9. The number of aromatic amines is 1. The number of hydrogen-bond donors (Lipinski definition) is 7. The van der Waals surface area contributed by atoms with Crippen molar-refractivity contribution in [1.29, 1.82) is 0 Å². The highest BCUT2D eigenvalue weighted by Crippen LogP contribution is 2.29. The molecule has 0 spiro atoms. The highest BCUT2D eigenvalue weighted by molar-refractivity contribution is 7.90. The molecule has 9 heterocycles. The van der Waals surface area contributed by atoms with Gasteiger partial charge in [0.25, 0.3) is 20.0 Å². The van der Waals surface area contributed by atoms with Gasteiger partial charge >= 0.3 is 0 Å². The third-order valence-corrected chi connectivity index (χ3v) is 19.2. The number of nitrogens with one attached hydrogen (secondary N) is 7. The first-order chi connectivity index (χ1) is 43.5. The molecule has 13 rings (SSSR count). The van der Waals surface area contributed by atoms with Gasteiger partial charge in [-0.3, -0.25) is 9.59 Å². The number of piperidine rings is 3. The molecule has 3 atom stereocenters. The summed E-state index contributed by atoms with van der Waals surface area (Å²) in [6.45, 7) is 8.51. The first kappa shape index (κ1) is 64.7. The molecule has 2 amide bonds. The fourth-order valence-electron chi connectivity index (χ4n) is 11.0. The largest absolute Gasteiger partial charge is 0.376 e. The van der Waals surface area contributed by atoms with Crippen LogP contribution in [0.4, 0.5) is 37.6 Å². The quantitative estimate of drug-likeness (QED) is 0.0476. The van der Waals surface area contributed by atoms with E-state index in [1.807, 2.05) is 31.0 Å². The maximum atomic E-state index is 13.2. The van der Waals surface area contributed by atoms with Gasteiger partial charge in [-0.05, 0) is 150 Å².